The van der Waals surface area contributed by atoms with E-state index in [1.807, 2.05) is 13.0 Å². The summed E-state index contributed by atoms with van der Waals surface area (Å²) in [6.07, 6.45) is 4.96. The van der Waals surface area contributed by atoms with Gasteiger partial charge in [-0.2, -0.15) is 0 Å². The minimum absolute atomic E-state index is 0.192. The minimum Gasteiger partial charge on any atom is -0.490 e. The average molecular weight is 410 g/mol. The predicted octanol–water partition coefficient (Wildman–Crippen LogP) is 2.71. The second-order valence-electron chi connectivity index (χ2n) is 8.38. The Hall–Kier alpha value is -2.60. The summed E-state index contributed by atoms with van der Waals surface area (Å²) in [6.45, 7) is 6.46. The lowest BCUT2D eigenvalue weighted by Gasteiger charge is -2.34. The molecule has 2 N–H and O–H groups in total. The summed E-state index contributed by atoms with van der Waals surface area (Å²) < 4.78 is 6.27. The number of anilines is 1. The first-order valence-corrected chi connectivity index (χ1v) is 10.9. The van der Waals surface area contributed by atoms with Crippen LogP contribution in [0.4, 0.5) is 5.82 Å². The summed E-state index contributed by atoms with van der Waals surface area (Å²) in [7, 11) is 0. The number of aryl methyl sites for hydroxylation is 2. The number of aliphatic hydroxyl groups is 1. The molecule has 1 saturated heterocycles. The van der Waals surface area contributed by atoms with Crippen LogP contribution in [-0.2, 0) is 30.6 Å². The largest absolute Gasteiger partial charge is 0.490 e. The third kappa shape index (κ3) is 4.43. The lowest BCUT2D eigenvalue weighted by Crippen LogP contribution is -2.39. The first-order valence-electron chi connectivity index (χ1n) is 10.9. The quantitative estimate of drug-likeness (QED) is 0.688. The molecule has 160 valence electrons. The molecule has 2 aromatic rings. The second-order valence-corrected chi connectivity index (χ2v) is 8.38. The van der Waals surface area contributed by atoms with Gasteiger partial charge in [0.05, 0.1) is 18.3 Å². The van der Waals surface area contributed by atoms with E-state index in [1.165, 1.54) is 16.7 Å². The Labute approximate surface area is 178 Å². The number of rotatable bonds is 7. The van der Waals surface area contributed by atoms with Crippen LogP contribution in [0.3, 0.4) is 0 Å². The normalized spacial score (nSPS) is 18.9. The monoisotopic (exact) mass is 409 g/mol. The van der Waals surface area contributed by atoms with Gasteiger partial charge in [-0.15, -0.1) is 0 Å². The minimum atomic E-state index is -0.250. The first-order chi connectivity index (χ1) is 14.6. The molecule has 1 aromatic heterocycles. The molecule has 6 heteroatoms. The van der Waals surface area contributed by atoms with E-state index in [2.05, 4.69) is 35.3 Å². The first kappa shape index (κ1) is 20.7. The average Bonchev–Trinajstić information content (AvgIpc) is 3.12. The molecule has 1 aliphatic heterocycles. The number of carbonyl (C=O) groups excluding carboxylic acids is 1. The Morgan fingerprint density at radius 3 is 2.73 bits per heavy atom. The van der Waals surface area contributed by atoms with E-state index < -0.39 is 0 Å². The number of amides is 1. The summed E-state index contributed by atoms with van der Waals surface area (Å²) in [5.41, 5.74) is 5.74. The molecule has 6 nitrogen and oxygen atoms in total. The number of hydrogen-bond donors (Lipinski definition) is 2. The van der Waals surface area contributed by atoms with Crippen molar-refractivity contribution >= 4 is 12.2 Å². The summed E-state index contributed by atoms with van der Waals surface area (Å²) in [4.78, 5) is 17.9. The van der Waals surface area contributed by atoms with Crippen molar-refractivity contribution in [1.82, 2.24) is 10.3 Å². The van der Waals surface area contributed by atoms with Gasteiger partial charge in [-0.3, -0.25) is 4.79 Å². The van der Waals surface area contributed by atoms with Gasteiger partial charge in [0.1, 0.15) is 17.7 Å². The summed E-state index contributed by atoms with van der Waals surface area (Å²) in [5.74, 6) is 1.95. The highest BCUT2D eigenvalue weighted by molar-refractivity contribution is 5.51. The summed E-state index contributed by atoms with van der Waals surface area (Å²) >= 11 is 0. The van der Waals surface area contributed by atoms with Crippen molar-refractivity contribution in [2.45, 2.75) is 64.7 Å². The fourth-order valence-electron chi connectivity index (χ4n) is 4.57. The Balaban J connectivity index is 1.41. The fourth-order valence-corrected chi connectivity index (χ4v) is 4.57. The van der Waals surface area contributed by atoms with Crippen LogP contribution in [0.2, 0.25) is 0 Å². The Morgan fingerprint density at radius 1 is 1.23 bits per heavy atom. The molecule has 1 atom stereocenters. The SMILES string of the molecule is CCc1cc(C)c(CNC=O)nc1N1CCC(Oc2ccc3c(c2)C[C@H](O)C3)CC1. The molecule has 1 aromatic carbocycles. The fraction of sp³-hybridized carbons (Fsp3) is 0.500. The highest BCUT2D eigenvalue weighted by Gasteiger charge is 2.25. The molecule has 30 heavy (non-hydrogen) atoms. The number of ether oxygens (including phenoxy) is 1. The van der Waals surface area contributed by atoms with E-state index in [1.54, 1.807) is 0 Å². The standard InChI is InChI=1S/C24H31N3O3/c1-3-17-10-16(2)23(14-25-15-28)26-24(17)27-8-6-21(7-9-27)30-22-5-4-18-11-20(29)12-19(18)13-22/h4-5,10,13,15,20-21,29H,3,6-9,11-12,14H2,1-2H3,(H,25,28)/t20-/m1/s1. The van der Waals surface area contributed by atoms with Crippen molar-refractivity contribution in [3.63, 3.8) is 0 Å². The summed E-state index contributed by atoms with van der Waals surface area (Å²) in [6, 6.07) is 8.42. The number of nitrogens with one attached hydrogen (secondary N) is 1. The van der Waals surface area contributed by atoms with Crippen molar-refractivity contribution in [2.24, 2.45) is 0 Å². The van der Waals surface area contributed by atoms with Crippen LogP contribution in [0.1, 0.15) is 47.7 Å². The second kappa shape index (κ2) is 9.04. The number of carbonyl (C=O) groups is 1. The number of pyridine rings is 1. The van der Waals surface area contributed by atoms with Crippen LogP contribution in [0.5, 0.6) is 5.75 Å². The van der Waals surface area contributed by atoms with Crippen LogP contribution in [0.15, 0.2) is 24.3 Å². The zero-order valence-electron chi connectivity index (χ0n) is 17.9. The van der Waals surface area contributed by atoms with Crippen LogP contribution >= 0.6 is 0 Å². The predicted molar refractivity (Wildman–Crippen MR) is 117 cm³/mol. The molecular formula is C24H31N3O3. The highest BCUT2D eigenvalue weighted by Crippen LogP contribution is 2.30. The number of nitrogens with zero attached hydrogens (tertiary/aromatic N) is 2. The number of aromatic nitrogens is 1. The Kier molecular flexibility index (Phi) is 6.23. The van der Waals surface area contributed by atoms with Gasteiger partial charge in [-0.25, -0.2) is 4.98 Å². The molecule has 2 aliphatic rings. The van der Waals surface area contributed by atoms with Gasteiger partial charge >= 0.3 is 0 Å². The molecule has 4 rings (SSSR count). The van der Waals surface area contributed by atoms with Gasteiger partial charge in [0, 0.05) is 25.9 Å². The maximum absolute atomic E-state index is 10.7. The molecule has 0 spiro atoms. The van der Waals surface area contributed by atoms with Crippen molar-refractivity contribution in [2.75, 3.05) is 18.0 Å². The lowest BCUT2D eigenvalue weighted by molar-refractivity contribution is -0.109. The van der Waals surface area contributed by atoms with E-state index in [-0.39, 0.29) is 12.2 Å². The van der Waals surface area contributed by atoms with Gasteiger partial charge < -0.3 is 20.1 Å². The molecular weight excluding hydrogens is 378 g/mol. The summed E-state index contributed by atoms with van der Waals surface area (Å²) in [5, 5.41) is 12.6. The Bertz CT molecular complexity index is 907. The zero-order chi connectivity index (χ0) is 21.1. The molecule has 0 bridgehead atoms. The third-order valence-corrected chi connectivity index (χ3v) is 6.24. The smallest absolute Gasteiger partial charge is 0.207 e. The van der Waals surface area contributed by atoms with Crippen molar-refractivity contribution in [3.05, 3.63) is 52.2 Å². The molecule has 0 radical (unpaired) electrons. The molecule has 1 amide bonds. The number of piperidine rings is 1. The Morgan fingerprint density at radius 2 is 2.00 bits per heavy atom. The maximum Gasteiger partial charge on any atom is 0.207 e. The van der Waals surface area contributed by atoms with Crippen molar-refractivity contribution in [1.29, 1.82) is 0 Å². The molecule has 1 aliphatic carbocycles. The van der Waals surface area contributed by atoms with Crippen LogP contribution < -0.4 is 15.0 Å². The number of aliphatic hydroxyl groups excluding tert-OH is 1. The molecule has 0 unspecified atom stereocenters. The van der Waals surface area contributed by atoms with Gasteiger partial charge in [0.15, 0.2) is 0 Å². The van der Waals surface area contributed by atoms with E-state index in [0.29, 0.717) is 6.54 Å². The molecule has 2 heterocycles. The van der Waals surface area contributed by atoms with E-state index in [0.717, 1.165) is 74.4 Å². The zero-order valence-corrected chi connectivity index (χ0v) is 17.9. The number of hydrogen-bond acceptors (Lipinski definition) is 5. The van der Waals surface area contributed by atoms with Gasteiger partial charge in [0.2, 0.25) is 6.41 Å². The third-order valence-electron chi connectivity index (χ3n) is 6.24. The number of benzene rings is 1. The van der Waals surface area contributed by atoms with E-state index in [9.17, 15) is 9.90 Å². The van der Waals surface area contributed by atoms with Crippen LogP contribution in [0, 0.1) is 6.92 Å². The number of fused-ring (bicyclic) bond motifs is 1. The maximum atomic E-state index is 10.7. The lowest BCUT2D eigenvalue weighted by atomic mass is 10.0. The van der Waals surface area contributed by atoms with Gasteiger partial charge in [0.25, 0.3) is 0 Å². The van der Waals surface area contributed by atoms with Gasteiger partial charge in [-0.05, 0) is 60.6 Å². The van der Waals surface area contributed by atoms with Crippen LogP contribution in [0.25, 0.3) is 0 Å². The topological polar surface area (TPSA) is 74.7 Å². The van der Waals surface area contributed by atoms with Crippen molar-refractivity contribution < 1.29 is 14.6 Å². The van der Waals surface area contributed by atoms with Gasteiger partial charge in [-0.1, -0.05) is 19.1 Å². The van der Waals surface area contributed by atoms with E-state index in [4.69, 9.17) is 9.72 Å². The van der Waals surface area contributed by atoms with E-state index >= 15 is 0 Å². The highest BCUT2D eigenvalue weighted by atomic mass is 16.5. The van der Waals surface area contributed by atoms with Crippen molar-refractivity contribution in [3.8, 4) is 5.75 Å². The molecule has 1 fully saturated rings. The molecule has 0 saturated carbocycles. The van der Waals surface area contributed by atoms with Crippen LogP contribution in [-0.4, -0.2) is 41.8 Å².